The number of ether oxygens (including phenoxy) is 1. The molecule has 0 aliphatic carbocycles. The zero-order chi connectivity index (χ0) is 25.5. The Hall–Kier alpha value is -3.05. The SMILES string of the molecule is Cc1ccc2c(CC(=O)O)nn([C@@H]3C[C@H](C(F)F)N(S(=O)(=O)c4ccc(OC(C)C)cc4)C3)c2c1. The summed E-state index contributed by atoms with van der Waals surface area (Å²) in [6.45, 7) is 5.32. The van der Waals surface area contributed by atoms with Crippen LogP contribution in [0.15, 0.2) is 47.4 Å². The van der Waals surface area contributed by atoms with Crippen molar-refractivity contribution in [3.05, 3.63) is 53.7 Å². The van der Waals surface area contributed by atoms with Gasteiger partial charge < -0.3 is 9.84 Å². The van der Waals surface area contributed by atoms with Crippen LogP contribution in [0.25, 0.3) is 10.9 Å². The number of carboxylic acids is 1. The van der Waals surface area contributed by atoms with Crippen molar-refractivity contribution in [2.75, 3.05) is 6.54 Å². The van der Waals surface area contributed by atoms with Gasteiger partial charge in [-0.05, 0) is 63.1 Å². The van der Waals surface area contributed by atoms with E-state index in [-0.39, 0.29) is 30.4 Å². The second-order valence-electron chi connectivity index (χ2n) is 8.99. The van der Waals surface area contributed by atoms with E-state index in [1.807, 2.05) is 26.8 Å². The van der Waals surface area contributed by atoms with Crippen molar-refractivity contribution in [3.63, 3.8) is 0 Å². The number of hydrogen-bond donors (Lipinski definition) is 1. The molecule has 1 aliphatic rings. The number of sulfonamides is 1. The quantitative estimate of drug-likeness (QED) is 0.494. The first-order valence-corrected chi connectivity index (χ1v) is 12.7. The molecule has 0 amide bonds. The number of halogens is 2. The molecule has 0 unspecified atom stereocenters. The fourth-order valence-corrected chi connectivity index (χ4v) is 6.11. The van der Waals surface area contributed by atoms with Crippen LogP contribution in [0.4, 0.5) is 8.78 Å². The van der Waals surface area contributed by atoms with Crippen molar-refractivity contribution in [3.8, 4) is 5.75 Å². The molecule has 0 bridgehead atoms. The van der Waals surface area contributed by atoms with Gasteiger partial charge in [0.1, 0.15) is 5.75 Å². The molecule has 0 radical (unpaired) electrons. The molecule has 1 N–H and O–H groups in total. The van der Waals surface area contributed by atoms with E-state index < -0.39 is 34.5 Å². The summed E-state index contributed by atoms with van der Waals surface area (Å²) >= 11 is 0. The van der Waals surface area contributed by atoms with E-state index in [2.05, 4.69) is 5.10 Å². The Kier molecular flexibility index (Phi) is 6.83. The van der Waals surface area contributed by atoms with E-state index in [1.54, 1.807) is 12.1 Å². The summed E-state index contributed by atoms with van der Waals surface area (Å²) in [6, 6.07) is 8.85. The third-order valence-corrected chi connectivity index (χ3v) is 7.88. The third-order valence-electron chi connectivity index (χ3n) is 5.97. The molecule has 1 aliphatic heterocycles. The Morgan fingerprint density at radius 3 is 2.49 bits per heavy atom. The van der Waals surface area contributed by atoms with Gasteiger partial charge in [0.05, 0.1) is 40.7 Å². The largest absolute Gasteiger partial charge is 0.491 e. The van der Waals surface area contributed by atoms with Gasteiger partial charge in [-0.3, -0.25) is 9.48 Å². The lowest BCUT2D eigenvalue weighted by atomic mass is 10.1. The summed E-state index contributed by atoms with van der Waals surface area (Å²) in [6.07, 6.45) is -3.48. The molecule has 35 heavy (non-hydrogen) atoms. The number of alkyl halides is 2. The van der Waals surface area contributed by atoms with Crippen molar-refractivity contribution in [2.24, 2.45) is 0 Å². The Morgan fingerprint density at radius 2 is 1.89 bits per heavy atom. The number of nitrogens with zero attached hydrogens (tertiary/aromatic N) is 3. The Labute approximate surface area is 202 Å². The van der Waals surface area contributed by atoms with E-state index in [0.717, 1.165) is 9.87 Å². The molecule has 1 saturated heterocycles. The van der Waals surface area contributed by atoms with Gasteiger partial charge in [0.25, 0.3) is 6.43 Å². The molecular formula is C24H27F2N3O5S. The monoisotopic (exact) mass is 507 g/mol. The number of aromatic nitrogens is 2. The molecule has 0 spiro atoms. The van der Waals surface area contributed by atoms with Crippen LogP contribution in [0, 0.1) is 6.92 Å². The lowest BCUT2D eigenvalue weighted by molar-refractivity contribution is -0.136. The number of aliphatic carboxylic acids is 1. The smallest absolute Gasteiger partial charge is 0.309 e. The van der Waals surface area contributed by atoms with Crippen molar-refractivity contribution in [2.45, 2.75) is 63.1 Å². The minimum Gasteiger partial charge on any atom is -0.491 e. The van der Waals surface area contributed by atoms with Crippen LogP contribution >= 0.6 is 0 Å². The average molecular weight is 508 g/mol. The first-order chi connectivity index (χ1) is 16.5. The summed E-state index contributed by atoms with van der Waals surface area (Å²) in [5.74, 6) is -0.587. The van der Waals surface area contributed by atoms with Crippen LogP contribution in [0.3, 0.4) is 0 Å². The normalized spacial score (nSPS) is 19.2. The number of hydrogen-bond acceptors (Lipinski definition) is 5. The minimum absolute atomic E-state index is 0.0986. The molecule has 1 aromatic heterocycles. The highest BCUT2D eigenvalue weighted by molar-refractivity contribution is 7.89. The van der Waals surface area contributed by atoms with Gasteiger partial charge in [0.15, 0.2) is 0 Å². The Balaban J connectivity index is 1.70. The Morgan fingerprint density at radius 1 is 1.20 bits per heavy atom. The molecule has 3 aromatic rings. The summed E-state index contributed by atoms with van der Waals surface area (Å²) in [5.41, 5.74) is 1.79. The average Bonchev–Trinajstić information content (AvgIpc) is 3.36. The lowest BCUT2D eigenvalue weighted by Gasteiger charge is -2.23. The highest BCUT2D eigenvalue weighted by Gasteiger charge is 2.46. The van der Waals surface area contributed by atoms with Crippen LogP contribution in [0.1, 0.15) is 37.6 Å². The van der Waals surface area contributed by atoms with E-state index in [9.17, 15) is 27.1 Å². The van der Waals surface area contributed by atoms with Crippen LogP contribution in [-0.4, -0.2) is 58.7 Å². The van der Waals surface area contributed by atoms with Crippen molar-refractivity contribution < 1.29 is 31.8 Å². The zero-order valence-electron chi connectivity index (χ0n) is 19.6. The molecule has 8 nitrogen and oxygen atoms in total. The maximum absolute atomic E-state index is 14.1. The summed E-state index contributed by atoms with van der Waals surface area (Å²) in [7, 11) is -4.23. The van der Waals surface area contributed by atoms with Gasteiger partial charge in [-0.2, -0.15) is 9.40 Å². The number of carbonyl (C=O) groups is 1. The van der Waals surface area contributed by atoms with Crippen LogP contribution in [0.2, 0.25) is 0 Å². The van der Waals surface area contributed by atoms with Gasteiger partial charge in [-0.25, -0.2) is 17.2 Å². The lowest BCUT2D eigenvalue weighted by Crippen LogP contribution is -2.39. The summed E-state index contributed by atoms with van der Waals surface area (Å²) < 4.78 is 62.7. The molecule has 2 heterocycles. The van der Waals surface area contributed by atoms with Gasteiger partial charge >= 0.3 is 5.97 Å². The predicted molar refractivity (Wildman–Crippen MR) is 125 cm³/mol. The standard InChI is InChI=1S/C24H27F2N3O5S/c1-14(2)34-17-5-7-18(8-6-17)35(32,33)28-13-16(11-22(28)24(25)26)29-21-10-15(3)4-9-19(21)20(27-29)12-23(30)31/h4-10,14,16,22,24H,11-13H2,1-3H3,(H,30,31)/t16-,22-/m1/s1. The number of rotatable bonds is 8. The second-order valence-corrected chi connectivity index (χ2v) is 10.9. The molecule has 2 atom stereocenters. The molecule has 2 aromatic carbocycles. The first kappa shape index (κ1) is 25.1. The fraction of sp³-hybridized carbons (Fsp3) is 0.417. The maximum atomic E-state index is 14.1. The van der Waals surface area contributed by atoms with E-state index in [4.69, 9.17) is 4.74 Å². The maximum Gasteiger partial charge on any atom is 0.309 e. The van der Waals surface area contributed by atoms with Crippen LogP contribution in [-0.2, 0) is 21.2 Å². The van der Waals surface area contributed by atoms with Crippen molar-refractivity contribution >= 4 is 26.9 Å². The molecule has 1 fully saturated rings. The number of benzene rings is 2. The second kappa shape index (κ2) is 9.54. The van der Waals surface area contributed by atoms with Crippen LogP contribution in [0.5, 0.6) is 5.75 Å². The van der Waals surface area contributed by atoms with Crippen LogP contribution < -0.4 is 4.74 Å². The number of carboxylic acid groups (broad SMARTS) is 1. The highest BCUT2D eigenvalue weighted by atomic mass is 32.2. The Bertz CT molecular complexity index is 1340. The fourth-order valence-electron chi connectivity index (χ4n) is 4.46. The molecule has 0 saturated carbocycles. The topological polar surface area (TPSA) is 102 Å². The van der Waals surface area contributed by atoms with E-state index >= 15 is 0 Å². The predicted octanol–water partition coefficient (Wildman–Crippen LogP) is 4.03. The van der Waals surface area contributed by atoms with Crippen molar-refractivity contribution in [1.82, 2.24) is 14.1 Å². The summed E-state index contributed by atoms with van der Waals surface area (Å²) in [5, 5.41) is 14.3. The molecular weight excluding hydrogens is 480 g/mol. The van der Waals surface area contributed by atoms with Gasteiger partial charge in [0.2, 0.25) is 10.0 Å². The first-order valence-electron chi connectivity index (χ1n) is 11.2. The van der Waals surface area contributed by atoms with Gasteiger partial charge in [0, 0.05) is 11.9 Å². The van der Waals surface area contributed by atoms with Gasteiger partial charge in [-0.15, -0.1) is 0 Å². The molecule has 11 heteroatoms. The third kappa shape index (κ3) is 5.01. The zero-order valence-corrected chi connectivity index (χ0v) is 20.4. The molecule has 188 valence electrons. The number of fused-ring (bicyclic) bond motifs is 1. The molecule has 4 rings (SSSR count). The minimum atomic E-state index is -4.23. The summed E-state index contributed by atoms with van der Waals surface area (Å²) in [4.78, 5) is 11.2. The number of aryl methyl sites for hydroxylation is 1. The van der Waals surface area contributed by atoms with Crippen molar-refractivity contribution in [1.29, 1.82) is 0 Å². The highest BCUT2D eigenvalue weighted by Crippen LogP contribution is 2.37. The van der Waals surface area contributed by atoms with Gasteiger partial charge in [-0.1, -0.05) is 12.1 Å². The van der Waals surface area contributed by atoms with E-state index in [1.165, 1.54) is 28.9 Å². The van der Waals surface area contributed by atoms with E-state index in [0.29, 0.717) is 22.3 Å².